The van der Waals surface area contributed by atoms with Crippen LogP contribution in [0.2, 0.25) is 0 Å². The third kappa shape index (κ3) is 1.62. The Morgan fingerprint density at radius 3 is 2.20 bits per heavy atom. The third-order valence-corrected chi connectivity index (χ3v) is 6.29. The van der Waals surface area contributed by atoms with Crippen molar-refractivity contribution < 1.29 is 0 Å². The van der Waals surface area contributed by atoms with Gasteiger partial charge in [-0.05, 0) is 81.8 Å². The molecule has 4 aliphatic carbocycles. The highest BCUT2D eigenvalue weighted by atomic mass is 15.1. The van der Waals surface area contributed by atoms with Crippen molar-refractivity contribution in [2.24, 2.45) is 17.8 Å². The SMILES string of the molecule is Cc1cc(CC#N)c(C)n1C12CC3CC(CC(C3)C1)C2. The van der Waals surface area contributed by atoms with E-state index in [1.54, 1.807) is 0 Å². The van der Waals surface area contributed by atoms with Gasteiger partial charge in [0.1, 0.15) is 0 Å². The van der Waals surface area contributed by atoms with Crippen molar-refractivity contribution in [2.75, 3.05) is 0 Å². The molecule has 1 aromatic rings. The van der Waals surface area contributed by atoms with Crippen molar-refractivity contribution >= 4 is 0 Å². The summed E-state index contributed by atoms with van der Waals surface area (Å²) in [5, 5.41) is 9.02. The maximum Gasteiger partial charge on any atom is 0.0670 e. The molecule has 1 aromatic heterocycles. The Bertz CT molecular complexity index is 552. The zero-order valence-corrected chi connectivity index (χ0v) is 12.7. The second-order valence-corrected chi connectivity index (χ2v) is 7.71. The summed E-state index contributed by atoms with van der Waals surface area (Å²) < 4.78 is 2.64. The lowest BCUT2D eigenvalue weighted by molar-refractivity contribution is -0.0446. The molecule has 4 bridgehead atoms. The average molecular weight is 268 g/mol. The molecule has 0 spiro atoms. The van der Waals surface area contributed by atoms with Crippen LogP contribution in [0.4, 0.5) is 0 Å². The van der Waals surface area contributed by atoms with E-state index in [2.05, 4.69) is 30.6 Å². The van der Waals surface area contributed by atoms with Gasteiger partial charge in [-0.3, -0.25) is 0 Å². The summed E-state index contributed by atoms with van der Waals surface area (Å²) in [6.45, 7) is 4.48. The van der Waals surface area contributed by atoms with E-state index < -0.39 is 0 Å². The molecule has 5 rings (SSSR count). The monoisotopic (exact) mass is 268 g/mol. The average Bonchev–Trinajstić information content (AvgIpc) is 2.63. The summed E-state index contributed by atoms with van der Waals surface area (Å²) >= 11 is 0. The van der Waals surface area contributed by atoms with Crippen LogP contribution in [0.25, 0.3) is 0 Å². The Labute approximate surface area is 121 Å². The summed E-state index contributed by atoms with van der Waals surface area (Å²) in [5.41, 5.74) is 4.40. The molecule has 4 fully saturated rings. The number of hydrogen-bond acceptors (Lipinski definition) is 1. The van der Waals surface area contributed by atoms with Crippen molar-refractivity contribution in [3.8, 4) is 6.07 Å². The van der Waals surface area contributed by atoms with Crippen LogP contribution in [0.1, 0.15) is 55.5 Å². The summed E-state index contributed by atoms with van der Waals surface area (Å²) in [7, 11) is 0. The van der Waals surface area contributed by atoms with Crippen molar-refractivity contribution in [3.05, 3.63) is 23.0 Å². The van der Waals surface area contributed by atoms with Crippen LogP contribution in [0.3, 0.4) is 0 Å². The molecule has 0 aliphatic heterocycles. The zero-order chi connectivity index (χ0) is 13.9. The Balaban J connectivity index is 1.79. The highest BCUT2D eigenvalue weighted by molar-refractivity contribution is 5.31. The predicted octanol–water partition coefficient (Wildman–Crippen LogP) is 4.10. The largest absolute Gasteiger partial charge is 0.343 e. The molecule has 20 heavy (non-hydrogen) atoms. The maximum absolute atomic E-state index is 9.02. The lowest BCUT2D eigenvalue weighted by Crippen LogP contribution is -2.52. The van der Waals surface area contributed by atoms with Crippen molar-refractivity contribution in [2.45, 2.75) is 64.3 Å². The van der Waals surface area contributed by atoms with Gasteiger partial charge in [-0.15, -0.1) is 0 Å². The minimum atomic E-state index is 0.399. The Kier molecular flexibility index (Phi) is 2.58. The second kappa shape index (κ2) is 4.13. The van der Waals surface area contributed by atoms with E-state index in [0.717, 1.165) is 17.8 Å². The topological polar surface area (TPSA) is 28.7 Å². The lowest BCUT2D eigenvalue weighted by atomic mass is 9.53. The quantitative estimate of drug-likeness (QED) is 0.794. The van der Waals surface area contributed by atoms with Crippen molar-refractivity contribution in [1.29, 1.82) is 5.26 Å². The molecule has 4 saturated carbocycles. The third-order valence-electron chi connectivity index (χ3n) is 6.29. The van der Waals surface area contributed by atoms with Crippen LogP contribution in [0.5, 0.6) is 0 Å². The van der Waals surface area contributed by atoms with Crippen LogP contribution in [-0.4, -0.2) is 4.57 Å². The van der Waals surface area contributed by atoms with Gasteiger partial charge >= 0.3 is 0 Å². The van der Waals surface area contributed by atoms with E-state index >= 15 is 0 Å². The van der Waals surface area contributed by atoms with E-state index in [1.165, 1.54) is 55.5 Å². The number of nitrogens with zero attached hydrogens (tertiary/aromatic N) is 2. The minimum absolute atomic E-state index is 0.399. The highest BCUT2D eigenvalue weighted by Gasteiger charge is 2.52. The normalized spacial score (nSPS) is 38.1. The van der Waals surface area contributed by atoms with E-state index in [4.69, 9.17) is 5.26 Å². The summed E-state index contributed by atoms with van der Waals surface area (Å²) in [5.74, 6) is 2.92. The van der Waals surface area contributed by atoms with E-state index in [1.807, 2.05) is 0 Å². The van der Waals surface area contributed by atoms with Crippen LogP contribution < -0.4 is 0 Å². The first-order valence-electron chi connectivity index (χ1n) is 8.16. The van der Waals surface area contributed by atoms with Crippen molar-refractivity contribution in [3.63, 3.8) is 0 Å². The number of aromatic nitrogens is 1. The number of rotatable bonds is 2. The molecule has 106 valence electrons. The fourth-order valence-corrected chi connectivity index (χ4v) is 6.16. The summed E-state index contributed by atoms with van der Waals surface area (Å²) in [4.78, 5) is 0. The molecule has 0 aromatic carbocycles. The van der Waals surface area contributed by atoms with Crippen LogP contribution in [0.15, 0.2) is 6.07 Å². The number of aryl methyl sites for hydroxylation is 1. The molecule has 2 heteroatoms. The van der Waals surface area contributed by atoms with Crippen LogP contribution >= 0.6 is 0 Å². The molecule has 4 aliphatic rings. The number of nitriles is 1. The van der Waals surface area contributed by atoms with Gasteiger partial charge in [-0.1, -0.05) is 0 Å². The van der Waals surface area contributed by atoms with Gasteiger partial charge in [0.2, 0.25) is 0 Å². The first-order chi connectivity index (χ1) is 9.61. The summed E-state index contributed by atoms with van der Waals surface area (Å²) in [6, 6.07) is 4.59. The lowest BCUT2D eigenvalue weighted by Gasteiger charge is -2.58. The fraction of sp³-hybridized carbons (Fsp3) is 0.722. The molecule has 0 unspecified atom stereocenters. The van der Waals surface area contributed by atoms with Crippen LogP contribution in [0, 0.1) is 42.9 Å². The molecule has 2 nitrogen and oxygen atoms in total. The maximum atomic E-state index is 9.02. The Hall–Kier alpha value is -1.23. The molecular formula is C18H24N2. The minimum Gasteiger partial charge on any atom is -0.343 e. The van der Waals surface area contributed by atoms with Gasteiger partial charge in [0, 0.05) is 16.9 Å². The molecule has 0 radical (unpaired) electrons. The van der Waals surface area contributed by atoms with E-state index in [0.29, 0.717) is 12.0 Å². The number of hydrogen-bond donors (Lipinski definition) is 0. The molecule has 0 atom stereocenters. The fourth-order valence-electron chi connectivity index (χ4n) is 6.16. The Morgan fingerprint density at radius 2 is 1.70 bits per heavy atom. The first kappa shape index (κ1) is 12.5. The van der Waals surface area contributed by atoms with Gasteiger partial charge in [0.05, 0.1) is 12.5 Å². The first-order valence-corrected chi connectivity index (χ1v) is 8.16. The van der Waals surface area contributed by atoms with E-state index in [-0.39, 0.29) is 0 Å². The molecule has 0 N–H and O–H groups in total. The molecule has 0 amide bonds. The smallest absolute Gasteiger partial charge is 0.0670 e. The zero-order valence-electron chi connectivity index (χ0n) is 12.7. The molecular weight excluding hydrogens is 244 g/mol. The van der Waals surface area contributed by atoms with E-state index in [9.17, 15) is 0 Å². The van der Waals surface area contributed by atoms with Crippen LogP contribution in [-0.2, 0) is 12.0 Å². The second-order valence-electron chi connectivity index (χ2n) is 7.71. The highest BCUT2D eigenvalue weighted by Crippen LogP contribution is 2.59. The summed E-state index contributed by atoms with van der Waals surface area (Å²) in [6.07, 6.45) is 9.20. The van der Waals surface area contributed by atoms with Gasteiger partial charge in [-0.25, -0.2) is 0 Å². The molecule has 1 heterocycles. The van der Waals surface area contributed by atoms with Gasteiger partial charge in [0.15, 0.2) is 0 Å². The standard InChI is InChI=1S/C18H24N2/c1-12-5-17(3-4-19)13(2)20(12)18-9-14-6-15(10-18)8-16(7-14)11-18/h5,14-16H,3,6-11H2,1-2H3. The van der Waals surface area contributed by atoms with Gasteiger partial charge in [-0.2, -0.15) is 5.26 Å². The van der Waals surface area contributed by atoms with Gasteiger partial charge < -0.3 is 4.57 Å². The molecule has 0 saturated heterocycles. The Morgan fingerprint density at radius 1 is 1.15 bits per heavy atom. The predicted molar refractivity (Wildman–Crippen MR) is 79.4 cm³/mol. The van der Waals surface area contributed by atoms with Crippen molar-refractivity contribution in [1.82, 2.24) is 4.57 Å². The van der Waals surface area contributed by atoms with Gasteiger partial charge in [0.25, 0.3) is 0 Å².